The molecule has 0 bridgehead atoms. The molecule has 0 radical (unpaired) electrons. The van der Waals surface area contributed by atoms with Gasteiger partial charge in [-0.25, -0.2) is 0 Å². The fraction of sp³-hybridized carbons (Fsp3) is 0.214. The summed E-state index contributed by atoms with van der Waals surface area (Å²) in [5.41, 5.74) is 3.80. The topological polar surface area (TPSA) is 25.2 Å². The van der Waals surface area contributed by atoms with Crippen LogP contribution in [0, 0.1) is 0 Å². The van der Waals surface area contributed by atoms with Crippen LogP contribution in [0.4, 0.5) is 0 Å². The van der Waals surface area contributed by atoms with E-state index in [1.165, 1.54) is 18.2 Å². The summed E-state index contributed by atoms with van der Waals surface area (Å²) in [4.78, 5) is 17.0. The van der Waals surface area contributed by atoms with Gasteiger partial charge in [0.15, 0.2) is 0 Å². The van der Waals surface area contributed by atoms with Crippen LogP contribution in [0.5, 0.6) is 0 Å². The summed E-state index contributed by atoms with van der Waals surface area (Å²) in [5, 5.41) is 1.60. The molecule has 6 heteroatoms. The van der Waals surface area contributed by atoms with Gasteiger partial charge in [-0.2, -0.15) is 0 Å². The number of pyridine rings is 1. The van der Waals surface area contributed by atoms with E-state index in [4.69, 9.17) is 23.8 Å². The molecule has 2 heterocycles. The molecular formula is C28H25ClN2OS2. The van der Waals surface area contributed by atoms with Crippen molar-refractivity contribution in [2.24, 2.45) is 0 Å². The molecule has 0 unspecified atom stereocenters. The Balaban J connectivity index is 1.74. The van der Waals surface area contributed by atoms with Gasteiger partial charge in [0.05, 0.1) is 17.0 Å². The highest BCUT2D eigenvalue weighted by molar-refractivity contribution is 8.23. The molecule has 0 aliphatic carbocycles. The summed E-state index contributed by atoms with van der Waals surface area (Å²) in [6.45, 7) is 2.38. The Labute approximate surface area is 214 Å². The van der Waals surface area contributed by atoms with Gasteiger partial charge in [0.2, 0.25) is 0 Å². The molecule has 5 rings (SSSR count). The Hall–Kier alpha value is -2.60. The molecule has 3 aromatic carbocycles. The van der Waals surface area contributed by atoms with Crippen molar-refractivity contribution in [3.8, 4) is 11.1 Å². The van der Waals surface area contributed by atoms with Gasteiger partial charge in [-0.15, -0.1) is 0 Å². The molecule has 172 valence electrons. The highest BCUT2D eigenvalue weighted by Crippen LogP contribution is 2.38. The van der Waals surface area contributed by atoms with Crippen LogP contribution in [0.15, 0.2) is 88.6 Å². The van der Waals surface area contributed by atoms with Crippen LogP contribution in [0.1, 0.15) is 24.8 Å². The fourth-order valence-electron chi connectivity index (χ4n) is 4.54. The number of thioether (sulfide) groups is 1. The molecule has 0 spiro atoms. The average molecular weight is 505 g/mol. The van der Waals surface area contributed by atoms with Gasteiger partial charge < -0.3 is 9.47 Å². The molecule has 0 amide bonds. The number of aromatic nitrogens is 1. The fourth-order valence-corrected chi connectivity index (χ4v) is 6.16. The third kappa shape index (κ3) is 4.78. The highest BCUT2D eigenvalue weighted by Gasteiger charge is 2.23. The predicted molar refractivity (Wildman–Crippen MR) is 148 cm³/mol. The van der Waals surface area contributed by atoms with Gasteiger partial charge in [0.1, 0.15) is 4.32 Å². The zero-order chi connectivity index (χ0) is 23.5. The van der Waals surface area contributed by atoms with E-state index < -0.39 is 0 Å². The van der Waals surface area contributed by atoms with Crippen molar-refractivity contribution in [2.45, 2.75) is 30.7 Å². The number of benzene rings is 3. The van der Waals surface area contributed by atoms with E-state index in [1.54, 1.807) is 0 Å². The number of fused-ring (bicyclic) bond motifs is 1. The zero-order valence-corrected chi connectivity index (χ0v) is 21.1. The lowest BCUT2D eigenvalue weighted by molar-refractivity contribution is 0.352. The van der Waals surface area contributed by atoms with Crippen molar-refractivity contribution in [3.05, 3.63) is 99.8 Å². The average Bonchev–Trinajstić information content (AvgIpc) is 2.88. The molecule has 1 fully saturated rings. The summed E-state index contributed by atoms with van der Waals surface area (Å²) in [6.07, 6.45) is 3.51. The van der Waals surface area contributed by atoms with Crippen molar-refractivity contribution >= 4 is 50.8 Å². The van der Waals surface area contributed by atoms with E-state index in [0.717, 1.165) is 57.8 Å². The largest absolute Gasteiger partial charge is 0.357 e. The van der Waals surface area contributed by atoms with Crippen LogP contribution in [0.2, 0.25) is 5.02 Å². The number of thiocarbonyl (C=S) groups is 1. The van der Waals surface area contributed by atoms with E-state index in [-0.39, 0.29) is 5.56 Å². The van der Waals surface area contributed by atoms with E-state index in [0.29, 0.717) is 16.5 Å². The number of piperidine rings is 1. The van der Waals surface area contributed by atoms with Gasteiger partial charge in [-0.05, 0) is 48.6 Å². The predicted octanol–water partition coefficient (Wildman–Crippen LogP) is 7.23. The molecule has 0 saturated carbocycles. The quantitative estimate of drug-likeness (QED) is 0.216. The molecule has 1 aromatic heterocycles. The maximum Gasteiger partial charge on any atom is 0.266 e. The first kappa shape index (κ1) is 23.2. The lowest BCUT2D eigenvalue weighted by atomic mass is 10.0. The number of likely N-dealkylation sites (tertiary alicyclic amines) is 1. The molecule has 1 saturated heterocycles. The minimum atomic E-state index is -0.0260. The Morgan fingerprint density at radius 2 is 1.59 bits per heavy atom. The molecular weight excluding hydrogens is 480 g/mol. The molecule has 1 aliphatic heterocycles. The Morgan fingerprint density at radius 3 is 2.29 bits per heavy atom. The van der Waals surface area contributed by atoms with Crippen molar-refractivity contribution in [3.63, 3.8) is 0 Å². The van der Waals surface area contributed by atoms with Crippen LogP contribution < -0.4 is 5.56 Å². The second kappa shape index (κ2) is 10.3. The first-order valence-corrected chi connectivity index (χ1v) is 13.1. The lowest BCUT2D eigenvalue weighted by Gasteiger charge is -2.29. The van der Waals surface area contributed by atoms with E-state index in [1.807, 2.05) is 83.4 Å². The number of hydrogen-bond acceptors (Lipinski definition) is 3. The maximum atomic E-state index is 14.1. The molecule has 34 heavy (non-hydrogen) atoms. The summed E-state index contributed by atoms with van der Waals surface area (Å²) >= 11 is 13.8. The summed E-state index contributed by atoms with van der Waals surface area (Å²) < 4.78 is 2.62. The first-order valence-electron chi connectivity index (χ1n) is 11.5. The highest BCUT2D eigenvalue weighted by atomic mass is 35.5. The molecule has 1 aliphatic rings. The summed E-state index contributed by atoms with van der Waals surface area (Å²) in [6, 6.07) is 25.9. The Bertz CT molecular complexity index is 1380. The molecule has 0 atom stereocenters. The van der Waals surface area contributed by atoms with Crippen LogP contribution in [-0.4, -0.2) is 26.9 Å². The number of rotatable bonds is 4. The minimum Gasteiger partial charge on any atom is -0.357 e. The Kier molecular flexibility index (Phi) is 7.05. The smallest absolute Gasteiger partial charge is 0.266 e. The number of nitrogens with zero attached hydrogens (tertiary/aromatic N) is 2. The zero-order valence-electron chi connectivity index (χ0n) is 18.7. The third-order valence-electron chi connectivity index (χ3n) is 6.23. The molecule has 3 nitrogen and oxygen atoms in total. The minimum absolute atomic E-state index is 0.0260. The lowest BCUT2D eigenvalue weighted by Crippen LogP contribution is -2.33. The van der Waals surface area contributed by atoms with Gasteiger partial charge in [0.25, 0.3) is 5.56 Å². The van der Waals surface area contributed by atoms with Crippen LogP contribution in [-0.2, 0) is 6.54 Å². The molecule has 0 N–H and O–H groups in total. The number of hydrogen-bond donors (Lipinski definition) is 0. The van der Waals surface area contributed by atoms with Crippen molar-refractivity contribution in [1.29, 1.82) is 0 Å². The van der Waals surface area contributed by atoms with Gasteiger partial charge in [0, 0.05) is 29.1 Å². The molecule has 4 aromatic rings. The van der Waals surface area contributed by atoms with Crippen LogP contribution in [0.25, 0.3) is 22.0 Å². The van der Waals surface area contributed by atoms with E-state index in [2.05, 4.69) is 4.90 Å². The second-order valence-corrected chi connectivity index (χ2v) is 10.6. The summed E-state index contributed by atoms with van der Waals surface area (Å²) in [5.74, 6) is 0. The van der Waals surface area contributed by atoms with Crippen molar-refractivity contribution in [2.75, 3.05) is 13.1 Å². The normalized spacial score (nSPS) is 13.9. The van der Waals surface area contributed by atoms with E-state index in [9.17, 15) is 4.79 Å². The van der Waals surface area contributed by atoms with Crippen molar-refractivity contribution in [1.82, 2.24) is 9.47 Å². The van der Waals surface area contributed by atoms with Gasteiger partial charge >= 0.3 is 0 Å². The SMILES string of the molecule is O=c1c(SC(=S)N2CCCCC2)c(-c2ccccc2)c2cc(Cl)ccc2n1Cc1ccccc1. The standard InChI is InChI=1S/C28H25ClN2OS2/c29-22-14-15-24-23(18-22)25(21-12-6-2-7-13-21)26(34-28(33)30-16-8-3-9-17-30)27(32)31(24)19-20-10-4-1-5-11-20/h1-2,4-7,10-15,18H,3,8-9,16-17,19H2. The second-order valence-electron chi connectivity index (χ2n) is 8.52. The van der Waals surface area contributed by atoms with Crippen LogP contribution >= 0.6 is 35.6 Å². The van der Waals surface area contributed by atoms with E-state index >= 15 is 0 Å². The van der Waals surface area contributed by atoms with Gasteiger partial charge in [-0.1, -0.05) is 96.2 Å². The number of halogens is 1. The van der Waals surface area contributed by atoms with Crippen LogP contribution in [0.3, 0.4) is 0 Å². The van der Waals surface area contributed by atoms with Gasteiger partial charge in [-0.3, -0.25) is 4.79 Å². The van der Waals surface area contributed by atoms with Crippen molar-refractivity contribution < 1.29 is 0 Å². The maximum absolute atomic E-state index is 14.1. The Morgan fingerprint density at radius 1 is 0.912 bits per heavy atom. The first-order chi connectivity index (χ1) is 16.6. The monoisotopic (exact) mass is 504 g/mol. The summed E-state index contributed by atoms with van der Waals surface area (Å²) in [7, 11) is 0. The third-order valence-corrected chi connectivity index (χ3v) is 7.99.